The SMILES string of the molecule is CC(C)(C)OC(=O)Nc1ccccc1NC(=O)c1ccc(COC(=O)NCc2cccnc2)cc1. The molecule has 35 heavy (non-hydrogen) atoms. The Morgan fingerprint density at radius 3 is 2.14 bits per heavy atom. The number of ether oxygens (including phenoxy) is 2. The molecule has 1 aromatic heterocycles. The molecular formula is C26H28N4O5. The second-order valence-electron chi connectivity index (χ2n) is 8.61. The number of pyridine rings is 1. The fourth-order valence-corrected chi connectivity index (χ4v) is 2.94. The number of carbonyl (C=O) groups excluding carboxylic acids is 3. The second-order valence-corrected chi connectivity index (χ2v) is 8.61. The second kappa shape index (κ2) is 11.6. The molecule has 0 aliphatic heterocycles. The average molecular weight is 477 g/mol. The quantitative estimate of drug-likeness (QED) is 0.436. The molecule has 182 valence electrons. The van der Waals surface area contributed by atoms with Gasteiger partial charge in [0.2, 0.25) is 0 Å². The van der Waals surface area contributed by atoms with E-state index in [2.05, 4.69) is 20.9 Å². The van der Waals surface area contributed by atoms with E-state index in [1.54, 1.807) is 87.8 Å². The first-order valence-corrected chi connectivity index (χ1v) is 11.0. The minimum absolute atomic E-state index is 0.0589. The highest BCUT2D eigenvalue weighted by atomic mass is 16.6. The van der Waals surface area contributed by atoms with Gasteiger partial charge >= 0.3 is 12.2 Å². The zero-order valence-corrected chi connectivity index (χ0v) is 19.8. The summed E-state index contributed by atoms with van der Waals surface area (Å²) in [4.78, 5) is 40.7. The molecule has 3 N–H and O–H groups in total. The molecule has 2 aromatic carbocycles. The number of benzene rings is 2. The first kappa shape index (κ1) is 25.2. The third-order valence-electron chi connectivity index (χ3n) is 4.56. The summed E-state index contributed by atoms with van der Waals surface area (Å²) in [5, 5.41) is 8.09. The number of para-hydroxylation sites is 2. The fraction of sp³-hybridized carbons (Fsp3) is 0.231. The van der Waals surface area contributed by atoms with Crippen LogP contribution in [-0.4, -0.2) is 28.7 Å². The van der Waals surface area contributed by atoms with E-state index in [4.69, 9.17) is 9.47 Å². The number of carbonyl (C=O) groups is 3. The lowest BCUT2D eigenvalue weighted by Crippen LogP contribution is -2.27. The van der Waals surface area contributed by atoms with Gasteiger partial charge in [0, 0.05) is 24.5 Å². The Hall–Kier alpha value is -4.40. The van der Waals surface area contributed by atoms with E-state index in [0.717, 1.165) is 11.1 Å². The highest BCUT2D eigenvalue weighted by Gasteiger charge is 2.18. The lowest BCUT2D eigenvalue weighted by molar-refractivity contribution is 0.0635. The molecule has 0 unspecified atom stereocenters. The number of anilines is 2. The van der Waals surface area contributed by atoms with Crippen LogP contribution in [0.1, 0.15) is 42.3 Å². The third kappa shape index (κ3) is 8.47. The smallest absolute Gasteiger partial charge is 0.412 e. The van der Waals surface area contributed by atoms with Crippen LogP contribution in [0.25, 0.3) is 0 Å². The van der Waals surface area contributed by atoms with Crippen molar-refractivity contribution >= 4 is 29.5 Å². The number of aromatic nitrogens is 1. The molecule has 0 fully saturated rings. The van der Waals surface area contributed by atoms with Gasteiger partial charge < -0.3 is 20.1 Å². The van der Waals surface area contributed by atoms with Gasteiger partial charge in [-0.15, -0.1) is 0 Å². The average Bonchev–Trinajstić information content (AvgIpc) is 2.82. The lowest BCUT2D eigenvalue weighted by Gasteiger charge is -2.20. The molecule has 9 heteroatoms. The summed E-state index contributed by atoms with van der Waals surface area (Å²) in [5.74, 6) is -0.356. The van der Waals surface area contributed by atoms with Crippen LogP contribution in [0.5, 0.6) is 0 Å². The molecule has 0 bridgehead atoms. The van der Waals surface area contributed by atoms with Gasteiger partial charge in [0.15, 0.2) is 0 Å². The van der Waals surface area contributed by atoms with Crippen molar-refractivity contribution in [1.29, 1.82) is 0 Å². The summed E-state index contributed by atoms with van der Waals surface area (Å²) in [5.41, 5.74) is 2.20. The normalized spacial score (nSPS) is 10.7. The van der Waals surface area contributed by atoms with E-state index in [-0.39, 0.29) is 12.5 Å². The Kier molecular flexibility index (Phi) is 8.39. The van der Waals surface area contributed by atoms with Crippen molar-refractivity contribution in [1.82, 2.24) is 10.3 Å². The number of amides is 3. The van der Waals surface area contributed by atoms with Crippen molar-refractivity contribution in [2.75, 3.05) is 10.6 Å². The summed E-state index contributed by atoms with van der Waals surface area (Å²) in [7, 11) is 0. The van der Waals surface area contributed by atoms with Gasteiger partial charge in [-0.1, -0.05) is 30.3 Å². The fourth-order valence-electron chi connectivity index (χ4n) is 2.94. The number of nitrogens with zero attached hydrogens (tertiary/aromatic N) is 1. The maximum atomic E-state index is 12.7. The van der Waals surface area contributed by atoms with Crippen LogP contribution in [0.4, 0.5) is 21.0 Å². The van der Waals surface area contributed by atoms with Gasteiger partial charge in [-0.2, -0.15) is 0 Å². The maximum absolute atomic E-state index is 12.7. The first-order valence-electron chi connectivity index (χ1n) is 11.0. The Bertz CT molecular complexity index is 1160. The molecule has 0 atom stereocenters. The van der Waals surface area contributed by atoms with Crippen molar-refractivity contribution < 1.29 is 23.9 Å². The van der Waals surface area contributed by atoms with E-state index >= 15 is 0 Å². The van der Waals surface area contributed by atoms with Crippen LogP contribution in [0, 0.1) is 0 Å². The predicted molar refractivity (Wildman–Crippen MR) is 132 cm³/mol. The standard InChI is InChI=1S/C26H28N4O5/c1-26(2,3)35-25(33)30-22-9-5-4-8-21(22)29-23(31)20-12-10-18(11-13-20)17-34-24(32)28-16-19-7-6-14-27-15-19/h4-15H,16-17H2,1-3H3,(H,28,32)(H,29,31)(H,30,33). The van der Waals surface area contributed by atoms with Crippen molar-refractivity contribution in [3.05, 3.63) is 89.7 Å². The monoisotopic (exact) mass is 476 g/mol. The van der Waals surface area contributed by atoms with E-state index in [1.165, 1.54) is 0 Å². The van der Waals surface area contributed by atoms with Crippen LogP contribution < -0.4 is 16.0 Å². The number of nitrogens with one attached hydrogen (secondary N) is 3. The van der Waals surface area contributed by atoms with Crippen molar-refractivity contribution in [2.24, 2.45) is 0 Å². The summed E-state index contributed by atoms with van der Waals surface area (Å²) in [6.45, 7) is 5.68. The van der Waals surface area contributed by atoms with E-state index < -0.39 is 17.8 Å². The minimum atomic E-state index is -0.645. The number of hydrogen-bond acceptors (Lipinski definition) is 6. The Labute approximate surface area is 203 Å². The molecule has 0 aliphatic rings. The van der Waals surface area contributed by atoms with Crippen LogP contribution in [0.2, 0.25) is 0 Å². The van der Waals surface area contributed by atoms with Gasteiger partial charge in [0.25, 0.3) is 5.91 Å². The number of alkyl carbamates (subject to hydrolysis) is 1. The summed E-state index contributed by atoms with van der Waals surface area (Å²) in [6.07, 6.45) is 2.15. The molecule has 3 amide bonds. The van der Waals surface area contributed by atoms with Crippen LogP contribution in [-0.2, 0) is 22.6 Å². The van der Waals surface area contributed by atoms with Crippen LogP contribution >= 0.6 is 0 Å². The molecule has 0 spiro atoms. The predicted octanol–water partition coefficient (Wildman–Crippen LogP) is 5.11. The van der Waals surface area contributed by atoms with Crippen molar-refractivity contribution in [3.8, 4) is 0 Å². The van der Waals surface area contributed by atoms with Gasteiger partial charge in [-0.25, -0.2) is 9.59 Å². The van der Waals surface area contributed by atoms with Gasteiger partial charge in [-0.05, 0) is 62.2 Å². The number of hydrogen-bond donors (Lipinski definition) is 3. The molecule has 0 aliphatic carbocycles. The number of rotatable bonds is 7. The molecule has 0 saturated heterocycles. The molecule has 0 saturated carbocycles. The molecule has 3 aromatic rings. The topological polar surface area (TPSA) is 119 Å². The summed E-state index contributed by atoms with van der Waals surface area (Å²) >= 11 is 0. The van der Waals surface area contributed by atoms with Gasteiger partial charge in [0.05, 0.1) is 11.4 Å². The summed E-state index contributed by atoms with van der Waals surface area (Å²) < 4.78 is 10.5. The van der Waals surface area contributed by atoms with Crippen LogP contribution in [0.15, 0.2) is 73.1 Å². The van der Waals surface area contributed by atoms with Gasteiger partial charge in [0.1, 0.15) is 12.2 Å². The van der Waals surface area contributed by atoms with Crippen molar-refractivity contribution in [2.45, 2.75) is 39.5 Å². The molecule has 1 heterocycles. The molecule has 9 nitrogen and oxygen atoms in total. The van der Waals surface area contributed by atoms with E-state index in [9.17, 15) is 14.4 Å². The maximum Gasteiger partial charge on any atom is 0.412 e. The van der Waals surface area contributed by atoms with E-state index in [0.29, 0.717) is 23.5 Å². The Morgan fingerprint density at radius 1 is 0.829 bits per heavy atom. The largest absolute Gasteiger partial charge is 0.445 e. The third-order valence-corrected chi connectivity index (χ3v) is 4.56. The highest BCUT2D eigenvalue weighted by Crippen LogP contribution is 2.23. The Balaban J connectivity index is 1.52. The van der Waals surface area contributed by atoms with Crippen molar-refractivity contribution in [3.63, 3.8) is 0 Å². The highest BCUT2D eigenvalue weighted by molar-refractivity contribution is 6.06. The zero-order valence-electron chi connectivity index (χ0n) is 19.8. The van der Waals surface area contributed by atoms with E-state index in [1.807, 2.05) is 6.07 Å². The lowest BCUT2D eigenvalue weighted by atomic mass is 10.1. The summed E-state index contributed by atoms with van der Waals surface area (Å²) in [6, 6.07) is 17.1. The zero-order chi connectivity index (χ0) is 25.3. The Morgan fingerprint density at radius 2 is 1.51 bits per heavy atom. The first-order chi connectivity index (χ1) is 16.7. The minimum Gasteiger partial charge on any atom is -0.445 e. The molecule has 3 rings (SSSR count). The molecule has 0 radical (unpaired) electrons. The van der Waals surface area contributed by atoms with Crippen LogP contribution in [0.3, 0.4) is 0 Å². The van der Waals surface area contributed by atoms with Gasteiger partial charge in [-0.3, -0.25) is 15.1 Å². The molecular weight excluding hydrogens is 448 g/mol.